The van der Waals surface area contributed by atoms with Gasteiger partial charge < -0.3 is 24.8 Å². The van der Waals surface area contributed by atoms with Crippen LogP contribution in [0.25, 0.3) is 10.9 Å². The van der Waals surface area contributed by atoms with E-state index < -0.39 is 5.60 Å². The third-order valence-corrected chi connectivity index (χ3v) is 6.11. The molecule has 2 aromatic heterocycles. The summed E-state index contributed by atoms with van der Waals surface area (Å²) in [6.45, 7) is 1.66. The maximum Gasteiger partial charge on any atom is 0.162 e. The summed E-state index contributed by atoms with van der Waals surface area (Å²) in [5, 5.41) is 15.6. The van der Waals surface area contributed by atoms with Gasteiger partial charge in [0, 0.05) is 47.5 Å². The number of β-amino-alcohol motifs (C(OH)–C–C–N with tert-alkyl or cyclic N) is 1. The highest BCUT2D eigenvalue weighted by atomic mass is 16.5. The fraction of sp³-hybridized carbons (Fsp3) is 0.391. The molecule has 0 unspecified atom stereocenters. The highest BCUT2D eigenvalue weighted by molar-refractivity contribution is 5.96. The minimum absolute atomic E-state index is 0.481. The Bertz CT molecular complexity index is 1080. The van der Waals surface area contributed by atoms with Crippen LogP contribution in [0.1, 0.15) is 17.7 Å². The quantitative estimate of drug-likeness (QED) is 0.652. The van der Waals surface area contributed by atoms with Gasteiger partial charge >= 0.3 is 0 Å². The lowest BCUT2D eigenvalue weighted by atomic mass is 9.93. The van der Waals surface area contributed by atoms with Gasteiger partial charge in [0.15, 0.2) is 11.5 Å². The van der Waals surface area contributed by atoms with Crippen molar-refractivity contribution in [2.45, 2.75) is 24.9 Å². The maximum atomic E-state index is 11.0. The van der Waals surface area contributed by atoms with E-state index in [1.165, 1.54) is 5.56 Å². The predicted octanol–water partition coefficient (Wildman–Crippen LogP) is 2.80. The van der Waals surface area contributed by atoms with Gasteiger partial charge in [-0.2, -0.15) is 0 Å². The summed E-state index contributed by atoms with van der Waals surface area (Å²) >= 11 is 0. The number of ether oxygens (including phenoxy) is 2. The molecule has 7 heteroatoms. The first kappa shape index (κ1) is 18.9. The summed E-state index contributed by atoms with van der Waals surface area (Å²) in [6.07, 6.45) is 6.63. The molecule has 1 fully saturated rings. The zero-order chi connectivity index (χ0) is 20.7. The number of methoxy groups -OCH3 is 2. The number of hydrogen-bond acceptors (Lipinski definition) is 7. The van der Waals surface area contributed by atoms with E-state index in [4.69, 9.17) is 14.5 Å². The first-order valence-electron chi connectivity index (χ1n) is 10.3. The molecular formula is C23H26N4O3. The lowest BCUT2D eigenvalue weighted by Crippen LogP contribution is -2.65. The number of nitrogens with one attached hydrogen (secondary N) is 1. The first-order chi connectivity index (χ1) is 14.6. The SMILES string of the molecule is COc1cc2nc3c(c(NCC4(O)CN(c5ccncc5)C4)c2cc1OC)CCC3. The fourth-order valence-electron chi connectivity index (χ4n) is 4.56. The topological polar surface area (TPSA) is 79.7 Å². The number of fused-ring (bicyclic) bond motifs is 2. The number of nitrogens with zero attached hydrogens (tertiary/aromatic N) is 3. The van der Waals surface area contributed by atoms with Gasteiger partial charge in [0.25, 0.3) is 0 Å². The van der Waals surface area contributed by atoms with Crippen LogP contribution in [0.3, 0.4) is 0 Å². The van der Waals surface area contributed by atoms with Gasteiger partial charge in [-0.3, -0.25) is 9.97 Å². The molecule has 0 atom stereocenters. The molecule has 1 aliphatic carbocycles. The van der Waals surface area contributed by atoms with Gasteiger partial charge in [-0.15, -0.1) is 0 Å². The first-order valence-corrected chi connectivity index (χ1v) is 10.3. The van der Waals surface area contributed by atoms with E-state index in [0.717, 1.165) is 47.2 Å². The van der Waals surface area contributed by atoms with E-state index in [-0.39, 0.29) is 0 Å². The fourth-order valence-corrected chi connectivity index (χ4v) is 4.56. The highest BCUT2D eigenvalue weighted by Crippen LogP contribution is 2.40. The van der Waals surface area contributed by atoms with Crippen LogP contribution in [0.2, 0.25) is 0 Å². The van der Waals surface area contributed by atoms with Crippen LogP contribution in [0.4, 0.5) is 11.4 Å². The second-order valence-electron chi connectivity index (χ2n) is 8.13. The summed E-state index contributed by atoms with van der Waals surface area (Å²) in [4.78, 5) is 11.1. The molecule has 1 saturated heterocycles. The molecule has 0 saturated carbocycles. The monoisotopic (exact) mass is 406 g/mol. The summed E-state index contributed by atoms with van der Waals surface area (Å²) in [6, 6.07) is 7.85. The zero-order valence-corrected chi connectivity index (χ0v) is 17.3. The normalized spacial score (nSPS) is 16.8. The van der Waals surface area contributed by atoms with Gasteiger partial charge in [0.1, 0.15) is 5.60 Å². The van der Waals surface area contributed by atoms with E-state index in [9.17, 15) is 5.11 Å². The van der Waals surface area contributed by atoms with E-state index in [2.05, 4.69) is 15.2 Å². The van der Waals surface area contributed by atoms with Crippen molar-refractivity contribution in [1.82, 2.24) is 9.97 Å². The third-order valence-electron chi connectivity index (χ3n) is 6.11. The number of anilines is 2. The van der Waals surface area contributed by atoms with Gasteiger partial charge in [-0.25, -0.2) is 0 Å². The van der Waals surface area contributed by atoms with Crippen molar-refractivity contribution in [2.75, 3.05) is 44.1 Å². The van der Waals surface area contributed by atoms with Gasteiger partial charge in [-0.05, 0) is 43.0 Å². The van der Waals surface area contributed by atoms with Crippen LogP contribution < -0.4 is 19.7 Å². The lowest BCUT2D eigenvalue weighted by molar-refractivity contribution is 0.0250. The standard InChI is InChI=1S/C23H26N4O3/c1-29-20-10-17-19(11-21(20)30-2)26-18-5-3-4-16(18)22(17)25-12-23(28)13-27(14-23)15-6-8-24-9-7-15/h6-11,28H,3-5,12-14H2,1-2H3,(H,25,26). The third kappa shape index (κ3) is 3.19. The summed E-state index contributed by atoms with van der Waals surface area (Å²) < 4.78 is 11.0. The second kappa shape index (κ2) is 7.32. The Balaban J connectivity index is 1.43. The average molecular weight is 406 g/mol. The Morgan fingerprint density at radius 3 is 2.57 bits per heavy atom. The molecule has 30 heavy (non-hydrogen) atoms. The molecule has 0 radical (unpaired) electrons. The molecule has 1 aliphatic heterocycles. The van der Waals surface area contributed by atoms with Crippen LogP contribution in [0.15, 0.2) is 36.7 Å². The Morgan fingerprint density at radius 1 is 1.10 bits per heavy atom. The van der Waals surface area contributed by atoms with Gasteiger partial charge in [0.2, 0.25) is 0 Å². The number of rotatable bonds is 6. The number of aryl methyl sites for hydroxylation is 1. The Morgan fingerprint density at radius 2 is 1.83 bits per heavy atom. The van der Waals surface area contributed by atoms with E-state index in [1.54, 1.807) is 26.6 Å². The molecule has 0 bridgehead atoms. The molecule has 0 spiro atoms. The molecule has 2 aliphatic rings. The van der Waals surface area contributed by atoms with Crippen LogP contribution in [0.5, 0.6) is 11.5 Å². The van der Waals surface area contributed by atoms with Gasteiger partial charge in [-0.1, -0.05) is 0 Å². The molecule has 5 rings (SSSR count). The van der Waals surface area contributed by atoms with Crippen LogP contribution >= 0.6 is 0 Å². The minimum Gasteiger partial charge on any atom is -0.493 e. The number of benzene rings is 1. The summed E-state index contributed by atoms with van der Waals surface area (Å²) in [5.41, 5.74) is 4.64. The van der Waals surface area contributed by atoms with Crippen molar-refractivity contribution in [2.24, 2.45) is 0 Å². The number of aliphatic hydroxyl groups is 1. The van der Waals surface area contributed by atoms with Crippen LogP contribution in [0, 0.1) is 0 Å². The van der Waals surface area contributed by atoms with Crippen molar-refractivity contribution in [3.8, 4) is 11.5 Å². The predicted molar refractivity (Wildman–Crippen MR) is 117 cm³/mol. The lowest BCUT2D eigenvalue weighted by Gasteiger charge is -2.48. The smallest absolute Gasteiger partial charge is 0.162 e. The Kier molecular flexibility index (Phi) is 4.62. The molecule has 1 aromatic carbocycles. The number of hydrogen-bond donors (Lipinski definition) is 2. The molecule has 156 valence electrons. The average Bonchev–Trinajstić information content (AvgIpc) is 3.22. The van der Waals surface area contributed by atoms with Gasteiger partial charge in [0.05, 0.1) is 32.8 Å². The Labute approximate surface area is 175 Å². The maximum absolute atomic E-state index is 11.0. The molecule has 0 amide bonds. The van der Waals surface area contributed by atoms with E-state index in [0.29, 0.717) is 31.1 Å². The molecular weight excluding hydrogens is 380 g/mol. The molecule has 3 aromatic rings. The molecule has 7 nitrogen and oxygen atoms in total. The van der Waals surface area contributed by atoms with E-state index in [1.807, 2.05) is 24.3 Å². The van der Waals surface area contributed by atoms with E-state index >= 15 is 0 Å². The van der Waals surface area contributed by atoms with Crippen molar-refractivity contribution in [3.63, 3.8) is 0 Å². The highest BCUT2D eigenvalue weighted by Gasteiger charge is 2.41. The Hall–Kier alpha value is -3.06. The van der Waals surface area contributed by atoms with Crippen molar-refractivity contribution in [3.05, 3.63) is 47.9 Å². The largest absolute Gasteiger partial charge is 0.493 e. The van der Waals surface area contributed by atoms with Crippen molar-refractivity contribution >= 4 is 22.3 Å². The van der Waals surface area contributed by atoms with Crippen LogP contribution in [-0.2, 0) is 12.8 Å². The van der Waals surface area contributed by atoms with Crippen LogP contribution in [-0.4, -0.2) is 54.5 Å². The van der Waals surface area contributed by atoms with Crippen molar-refractivity contribution in [1.29, 1.82) is 0 Å². The second-order valence-corrected chi connectivity index (χ2v) is 8.13. The number of aromatic nitrogens is 2. The minimum atomic E-state index is -0.777. The molecule has 3 heterocycles. The summed E-state index contributed by atoms with van der Waals surface area (Å²) in [7, 11) is 3.28. The molecule has 2 N–H and O–H groups in total. The van der Waals surface area contributed by atoms with Crippen molar-refractivity contribution < 1.29 is 14.6 Å². The summed E-state index contributed by atoms with van der Waals surface area (Å²) in [5.74, 6) is 1.35. The zero-order valence-electron chi connectivity index (χ0n) is 17.3. The number of pyridine rings is 2.